The van der Waals surface area contributed by atoms with E-state index in [1.165, 1.54) is 6.20 Å². The number of aliphatic hydroxyl groups excluding tert-OH is 1. The molecule has 11 nitrogen and oxygen atoms in total. The number of aliphatic hydroxyl groups is 1. The van der Waals surface area contributed by atoms with E-state index >= 15 is 0 Å². The van der Waals surface area contributed by atoms with Gasteiger partial charge in [0.15, 0.2) is 0 Å². The summed E-state index contributed by atoms with van der Waals surface area (Å²) < 4.78 is 12.0. The highest BCUT2D eigenvalue weighted by Gasteiger charge is 2.29. The van der Waals surface area contributed by atoms with Gasteiger partial charge in [-0.1, -0.05) is 23.7 Å². The number of β-amino-alcohol motifs (C(OH)–C–C–N with tert-alkyl or cyclic N) is 1. The molecule has 0 aliphatic carbocycles. The van der Waals surface area contributed by atoms with Gasteiger partial charge in [0.2, 0.25) is 0 Å². The topological polar surface area (TPSA) is 133 Å². The van der Waals surface area contributed by atoms with E-state index in [1.807, 2.05) is 32.9 Å². The lowest BCUT2D eigenvalue weighted by atomic mass is 10.1. The van der Waals surface area contributed by atoms with E-state index in [1.54, 1.807) is 47.4 Å². The zero-order valence-corrected chi connectivity index (χ0v) is 26.3. The monoisotopic (exact) mass is 635 g/mol. The zero-order valence-electron chi connectivity index (χ0n) is 25.6. The van der Waals surface area contributed by atoms with Gasteiger partial charge in [0.1, 0.15) is 23.3 Å². The van der Waals surface area contributed by atoms with Crippen LogP contribution >= 0.6 is 11.6 Å². The molecule has 238 valence electrons. The number of nitrogens with zero attached hydrogens (tertiary/aromatic N) is 3. The number of ether oxygens (including phenoxy) is 2. The van der Waals surface area contributed by atoms with E-state index in [9.17, 15) is 19.5 Å². The first-order valence-electron chi connectivity index (χ1n) is 15.0. The predicted octanol–water partition coefficient (Wildman–Crippen LogP) is 5.59. The van der Waals surface area contributed by atoms with Crippen molar-refractivity contribution in [2.75, 3.05) is 41.7 Å². The Balaban J connectivity index is 1.33. The fourth-order valence-electron chi connectivity index (χ4n) is 5.24. The summed E-state index contributed by atoms with van der Waals surface area (Å²) >= 11 is 5.91. The van der Waals surface area contributed by atoms with Gasteiger partial charge in [-0.3, -0.25) is 9.59 Å². The van der Waals surface area contributed by atoms with Crippen LogP contribution in [0.5, 0.6) is 5.75 Å². The molecular weight excluding hydrogens is 598 g/mol. The van der Waals surface area contributed by atoms with E-state index in [2.05, 4.69) is 20.5 Å². The molecule has 0 spiro atoms. The van der Waals surface area contributed by atoms with E-state index < -0.39 is 23.5 Å². The average molecular weight is 636 g/mol. The van der Waals surface area contributed by atoms with E-state index in [0.717, 1.165) is 5.69 Å². The van der Waals surface area contributed by atoms with Crippen molar-refractivity contribution in [1.82, 2.24) is 9.88 Å². The summed E-state index contributed by atoms with van der Waals surface area (Å²) in [5.41, 5.74) is 1.12. The predicted molar refractivity (Wildman–Crippen MR) is 172 cm³/mol. The molecule has 2 aromatic carbocycles. The highest BCUT2D eigenvalue weighted by molar-refractivity contribution is 6.30. The number of para-hydroxylation sites is 1. The fourth-order valence-corrected chi connectivity index (χ4v) is 5.36. The largest absolute Gasteiger partial charge is 0.489 e. The molecular formula is C33H38ClN5O6. The Morgan fingerprint density at radius 1 is 0.933 bits per heavy atom. The van der Waals surface area contributed by atoms with Crippen molar-refractivity contribution in [3.05, 3.63) is 76.9 Å². The third-order valence-electron chi connectivity index (χ3n) is 7.51. The summed E-state index contributed by atoms with van der Waals surface area (Å²) in [6.07, 6.45) is 2.21. The minimum atomic E-state index is -0.581. The number of pyridine rings is 1. The molecule has 0 saturated carbocycles. The normalized spacial score (nSPS) is 17.1. The molecule has 3 amide bonds. The van der Waals surface area contributed by atoms with Crippen LogP contribution in [-0.2, 0) is 4.74 Å². The number of likely N-dealkylation sites (tertiary alicyclic amines) is 1. The van der Waals surface area contributed by atoms with E-state index in [0.29, 0.717) is 73.3 Å². The fraction of sp³-hybridized carbons (Fsp3) is 0.394. The van der Waals surface area contributed by atoms with Crippen molar-refractivity contribution >= 4 is 46.7 Å². The minimum absolute atomic E-state index is 0.236. The van der Waals surface area contributed by atoms with Gasteiger partial charge >= 0.3 is 6.09 Å². The standard InChI is InChI=1S/C33H38ClN5O6/c1-33(2,3)45-32(43)38-16-13-24(14-17-38)44-28-18-22(39-15-12-23(40)20-39)9-10-26(28)31(42)36-27-7-5-4-6-25(27)30(41)37-29-11-8-21(34)19-35-29/h4-11,18-19,23-24,40H,12-17,20H2,1-3H3,(H,36,42)(H,35,37,41)/t23-/m0/s1. The quantitative estimate of drug-likeness (QED) is 0.306. The Kier molecular flexibility index (Phi) is 9.79. The van der Waals surface area contributed by atoms with Crippen molar-refractivity contribution in [2.24, 2.45) is 0 Å². The Bertz CT molecular complexity index is 1540. The zero-order chi connectivity index (χ0) is 32.1. The number of hydrogen-bond donors (Lipinski definition) is 3. The number of rotatable bonds is 7. The second-order valence-electron chi connectivity index (χ2n) is 12.2. The molecule has 3 aromatic rings. The Morgan fingerprint density at radius 3 is 2.33 bits per heavy atom. The molecule has 0 unspecified atom stereocenters. The van der Waals surface area contributed by atoms with Crippen molar-refractivity contribution in [3.8, 4) is 5.75 Å². The molecule has 0 radical (unpaired) electrons. The molecule has 2 saturated heterocycles. The van der Waals surface area contributed by atoms with Crippen LogP contribution in [-0.4, -0.2) is 76.9 Å². The number of aromatic nitrogens is 1. The molecule has 2 aliphatic heterocycles. The SMILES string of the molecule is CC(C)(C)OC(=O)N1CCC(Oc2cc(N3CC[C@H](O)C3)ccc2C(=O)Nc2ccccc2C(=O)Nc2ccc(Cl)cn2)CC1. The first-order valence-corrected chi connectivity index (χ1v) is 15.4. The highest BCUT2D eigenvalue weighted by atomic mass is 35.5. The Labute approximate surface area is 267 Å². The molecule has 12 heteroatoms. The van der Waals surface area contributed by atoms with Crippen LogP contribution in [0.15, 0.2) is 60.8 Å². The lowest BCUT2D eigenvalue weighted by molar-refractivity contribution is 0.0126. The van der Waals surface area contributed by atoms with E-state index in [-0.39, 0.29) is 17.8 Å². The first-order chi connectivity index (χ1) is 21.4. The number of carbonyl (C=O) groups is 3. The van der Waals surface area contributed by atoms with Gasteiger partial charge in [0.05, 0.1) is 27.9 Å². The average Bonchev–Trinajstić information content (AvgIpc) is 3.44. The van der Waals surface area contributed by atoms with Crippen LogP contribution in [0.3, 0.4) is 0 Å². The molecule has 2 fully saturated rings. The van der Waals surface area contributed by atoms with Crippen molar-refractivity contribution in [1.29, 1.82) is 0 Å². The molecule has 2 aliphatic rings. The number of carbonyl (C=O) groups excluding carboxylic acids is 3. The molecule has 45 heavy (non-hydrogen) atoms. The Hall–Kier alpha value is -4.35. The molecule has 1 atom stereocenters. The Morgan fingerprint density at radius 2 is 1.67 bits per heavy atom. The number of piperidine rings is 1. The number of amides is 3. The van der Waals surface area contributed by atoms with Crippen LogP contribution in [0.1, 0.15) is 60.7 Å². The van der Waals surface area contributed by atoms with Gasteiger partial charge in [-0.05, 0) is 63.6 Å². The van der Waals surface area contributed by atoms with Gasteiger partial charge in [-0.25, -0.2) is 9.78 Å². The lowest BCUT2D eigenvalue weighted by Gasteiger charge is -2.34. The first kappa shape index (κ1) is 32.1. The van der Waals surface area contributed by atoms with Crippen molar-refractivity contribution < 1.29 is 29.0 Å². The highest BCUT2D eigenvalue weighted by Crippen LogP contribution is 2.32. The summed E-state index contributed by atoms with van der Waals surface area (Å²) in [4.78, 5) is 47.2. The summed E-state index contributed by atoms with van der Waals surface area (Å²) in [5, 5.41) is 16.1. The maximum atomic E-state index is 13.7. The van der Waals surface area contributed by atoms with Crippen LogP contribution in [0.2, 0.25) is 5.02 Å². The maximum absolute atomic E-state index is 13.7. The van der Waals surface area contributed by atoms with Gasteiger partial charge in [-0.15, -0.1) is 0 Å². The summed E-state index contributed by atoms with van der Waals surface area (Å²) in [6, 6.07) is 15.2. The van der Waals surface area contributed by atoms with Gasteiger partial charge in [0.25, 0.3) is 11.8 Å². The minimum Gasteiger partial charge on any atom is -0.489 e. The number of anilines is 3. The van der Waals surface area contributed by atoms with E-state index in [4.69, 9.17) is 21.1 Å². The second kappa shape index (κ2) is 13.7. The number of hydrogen-bond acceptors (Lipinski definition) is 8. The number of nitrogens with one attached hydrogen (secondary N) is 2. The van der Waals surface area contributed by atoms with Crippen molar-refractivity contribution in [2.45, 2.75) is 57.8 Å². The smallest absolute Gasteiger partial charge is 0.410 e. The van der Waals surface area contributed by atoms with Crippen LogP contribution < -0.4 is 20.3 Å². The molecule has 3 N–H and O–H groups in total. The number of halogens is 1. The summed E-state index contributed by atoms with van der Waals surface area (Å²) in [7, 11) is 0. The second-order valence-corrected chi connectivity index (χ2v) is 12.6. The lowest BCUT2D eigenvalue weighted by Crippen LogP contribution is -2.44. The third kappa shape index (κ3) is 8.43. The van der Waals surface area contributed by atoms with Crippen LogP contribution in [0.4, 0.5) is 22.0 Å². The summed E-state index contributed by atoms with van der Waals surface area (Å²) in [6.45, 7) is 7.61. The van der Waals surface area contributed by atoms with Crippen LogP contribution in [0, 0.1) is 0 Å². The van der Waals surface area contributed by atoms with Crippen LogP contribution in [0.25, 0.3) is 0 Å². The van der Waals surface area contributed by atoms with Gasteiger partial charge < -0.3 is 35.0 Å². The molecule has 5 rings (SSSR count). The molecule has 0 bridgehead atoms. The molecule has 3 heterocycles. The summed E-state index contributed by atoms with van der Waals surface area (Å²) in [5.74, 6) is -0.193. The van der Waals surface area contributed by atoms with Crippen molar-refractivity contribution in [3.63, 3.8) is 0 Å². The third-order valence-corrected chi connectivity index (χ3v) is 7.74. The number of benzene rings is 2. The molecule has 1 aromatic heterocycles. The van der Waals surface area contributed by atoms with Gasteiger partial charge in [0, 0.05) is 57.0 Å². The maximum Gasteiger partial charge on any atom is 0.410 e. The van der Waals surface area contributed by atoms with Gasteiger partial charge in [-0.2, -0.15) is 0 Å².